The Hall–Kier alpha value is -1.13. The third kappa shape index (κ3) is 4.20. The minimum absolute atomic E-state index is 0. The molecule has 22 heavy (non-hydrogen) atoms. The molecule has 0 N–H and O–H groups in total. The van der Waals surface area contributed by atoms with E-state index in [1.165, 1.54) is 16.4 Å². The van der Waals surface area contributed by atoms with Crippen molar-refractivity contribution in [3.63, 3.8) is 0 Å². The number of hydrogen-bond donors (Lipinski definition) is 0. The highest BCUT2D eigenvalue weighted by atomic mass is 31.1. The fourth-order valence-electron chi connectivity index (χ4n) is 3.26. The highest BCUT2D eigenvalue weighted by Crippen LogP contribution is 2.59. The fourth-order valence-corrected chi connectivity index (χ4v) is 7.40. The Labute approximate surface area is 138 Å². The first-order valence-electron chi connectivity index (χ1n) is 7.66. The molecule has 0 aromatic heterocycles. The molecule has 2 aromatic carbocycles. The van der Waals surface area contributed by atoms with Gasteiger partial charge in [-0.2, -0.15) is 0 Å². The van der Waals surface area contributed by atoms with E-state index in [9.17, 15) is 0 Å². The summed E-state index contributed by atoms with van der Waals surface area (Å²) in [6.45, 7) is 14.3. The van der Waals surface area contributed by atoms with Crippen molar-refractivity contribution in [3.8, 4) is 11.1 Å². The molecule has 0 amide bonds. The highest BCUT2D eigenvalue weighted by Gasteiger charge is 2.36. The normalized spacial score (nSPS) is 12.1. The Morgan fingerprint density at radius 1 is 0.636 bits per heavy atom. The van der Waals surface area contributed by atoms with Crippen LogP contribution in [0.5, 0.6) is 0 Å². The summed E-state index contributed by atoms with van der Waals surface area (Å²) in [5, 5.41) is 2.11. The average Bonchev–Trinajstić information content (AvgIpc) is 2.37. The summed E-state index contributed by atoms with van der Waals surface area (Å²) in [5.74, 6) is 0. The van der Waals surface area contributed by atoms with Crippen LogP contribution >= 0.6 is 7.92 Å². The van der Waals surface area contributed by atoms with Gasteiger partial charge in [0.15, 0.2) is 0 Å². The second-order valence-electron chi connectivity index (χ2n) is 7.56. The van der Waals surface area contributed by atoms with E-state index in [4.69, 9.17) is 0 Å². The topological polar surface area (TPSA) is 0 Å². The predicted molar refractivity (Wildman–Crippen MR) is 105 cm³/mol. The van der Waals surface area contributed by atoms with Gasteiger partial charge in [-0.3, -0.25) is 0 Å². The molecule has 2 aromatic rings. The van der Waals surface area contributed by atoms with E-state index >= 15 is 0 Å². The van der Waals surface area contributed by atoms with Crippen molar-refractivity contribution in [2.24, 2.45) is 0 Å². The summed E-state index contributed by atoms with van der Waals surface area (Å²) in [5.41, 5.74) is 2.73. The molecule has 0 radical (unpaired) electrons. The summed E-state index contributed by atoms with van der Waals surface area (Å²) in [6, 6.07) is 19.7. The lowest BCUT2D eigenvalue weighted by Crippen LogP contribution is -2.31. The molecule has 0 saturated carbocycles. The predicted octanol–water partition coefficient (Wildman–Crippen LogP) is 6.69. The summed E-state index contributed by atoms with van der Waals surface area (Å²) in [7, 11) is -0.282. The zero-order valence-corrected chi connectivity index (χ0v) is 15.0. The molecule has 0 aliphatic rings. The van der Waals surface area contributed by atoms with Gasteiger partial charge in [0.1, 0.15) is 0 Å². The largest absolute Gasteiger partial charge is 0.0776 e. The summed E-state index contributed by atoms with van der Waals surface area (Å²) < 4.78 is 0. The molecule has 2 rings (SSSR count). The maximum atomic E-state index is 2.38. The van der Waals surface area contributed by atoms with Crippen molar-refractivity contribution in [1.29, 1.82) is 0 Å². The van der Waals surface area contributed by atoms with E-state index < -0.39 is 0 Å². The molecule has 0 atom stereocenters. The summed E-state index contributed by atoms with van der Waals surface area (Å²) >= 11 is 0. The first-order chi connectivity index (χ1) is 9.71. The van der Waals surface area contributed by atoms with Crippen LogP contribution in [0, 0.1) is 0 Å². The van der Waals surface area contributed by atoms with Crippen molar-refractivity contribution >= 4 is 13.2 Å². The summed E-state index contributed by atoms with van der Waals surface area (Å²) in [6.07, 6.45) is 0. The van der Waals surface area contributed by atoms with Crippen LogP contribution in [0.1, 0.15) is 49.0 Å². The monoisotopic (exact) mass is 314 g/mol. The molecule has 120 valence electrons. The first-order valence-corrected chi connectivity index (χ1v) is 9.00. The van der Waals surface area contributed by atoms with Gasteiger partial charge in [-0.25, -0.2) is 0 Å². The Morgan fingerprint density at radius 3 is 1.59 bits per heavy atom. The van der Waals surface area contributed by atoms with Crippen LogP contribution in [-0.4, -0.2) is 10.3 Å². The van der Waals surface area contributed by atoms with Crippen molar-refractivity contribution in [1.82, 2.24) is 0 Å². The van der Waals surface area contributed by atoms with Crippen molar-refractivity contribution in [2.75, 3.05) is 0 Å². The van der Waals surface area contributed by atoms with E-state index in [2.05, 4.69) is 96.1 Å². The van der Waals surface area contributed by atoms with E-state index in [-0.39, 0.29) is 15.3 Å². The molecule has 0 spiro atoms. The number of rotatable bonds is 2. The second kappa shape index (κ2) is 6.97. The van der Waals surface area contributed by atoms with Crippen molar-refractivity contribution in [3.05, 3.63) is 54.6 Å². The van der Waals surface area contributed by atoms with Crippen LogP contribution in [0.15, 0.2) is 54.6 Å². The number of benzene rings is 2. The van der Waals surface area contributed by atoms with Crippen LogP contribution in [0.4, 0.5) is 0 Å². The number of hydrogen-bond acceptors (Lipinski definition) is 0. The Bertz CT molecular complexity index is 571. The Morgan fingerprint density at radius 2 is 1.09 bits per heavy atom. The van der Waals surface area contributed by atoms with Gasteiger partial charge in [0, 0.05) is 0 Å². The standard InChI is InChI=1S/C20H27P.CH4/c1-19(2,3)21(20(4,5)6)18-15-11-10-14-17(18)16-12-8-7-9-13-16;/h7-15H,1-6H3;1H4. The van der Waals surface area contributed by atoms with Crippen LogP contribution < -0.4 is 5.30 Å². The molecule has 0 aliphatic heterocycles. The maximum Gasteiger partial charge on any atom is -0.0107 e. The minimum Gasteiger partial charge on any atom is -0.0776 e. The average molecular weight is 314 g/mol. The highest BCUT2D eigenvalue weighted by molar-refractivity contribution is 7.68. The molecule has 0 heterocycles. The van der Waals surface area contributed by atoms with Crippen LogP contribution in [0.25, 0.3) is 11.1 Å². The lowest BCUT2D eigenvalue weighted by atomic mass is 10.1. The van der Waals surface area contributed by atoms with E-state index in [0.717, 1.165) is 0 Å². The van der Waals surface area contributed by atoms with E-state index in [1.807, 2.05) is 0 Å². The lowest BCUT2D eigenvalue weighted by Gasteiger charge is -2.42. The molecule has 1 heteroatoms. The van der Waals surface area contributed by atoms with Gasteiger partial charge in [0.2, 0.25) is 0 Å². The van der Waals surface area contributed by atoms with Crippen LogP contribution in [-0.2, 0) is 0 Å². The lowest BCUT2D eigenvalue weighted by molar-refractivity contribution is 0.715. The van der Waals surface area contributed by atoms with Gasteiger partial charge in [-0.15, -0.1) is 0 Å². The zero-order valence-electron chi connectivity index (χ0n) is 14.1. The maximum absolute atomic E-state index is 2.38. The molecule has 0 aliphatic carbocycles. The quantitative estimate of drug-likeness (QED) is 0.541. The molecule has 0 fully saturated rings. The van der Waals surface area contributed by atoms with Crippen molar-refractivity contribution in [2.45, 2.75) is 59.3 Å². The van der Waals surface area contributed by atoms with E-state index in [0.29, 0.717) is 10.3 Å². The molecule has 0 unspecified atom stereocenters. The van der Waals surface area contributed by atoms with Gasteiger partial charge >= 0.3 is 0 Å². The third-order valence-corrected chi connectivity index (χ3v) is 7.13. The minimum atomic E-state index is -0.282. The van der Waals surface area contributed by atoms with Crippen LogP contribution in [0.2, 0.25) is 0 Å². The van der Waals surface area contributed by atoms with Gasteiger partial charge in [0.05, 0.1) is 0 Å². The summed E-state index contributed by atoms with van der Waals surface area (Å²) in [4.78, 5) is 0. The third-order valence-electron chi connectivity index (χ3n) is 3.57. The van der Waals surface area contributed by atoms with Gasteiger partial charge in [0.25, 0.3) is 0 Å². The van der Waals surface area contributed by atoms with Gasteiger partial charge < -0.3 is 0 Å². The smallest absolute Gasteiger partial charge is 0.0107 e. The van der Waals surface area contributed by atoms with Crippen molar-refractivity contribution < 1.29 is 0 Å². The SMILES string of the molecule is C.CC(C)(C)P(c1ccccc1-c1ccccc1)C(C)(C)C. The molecule has 0 nitrogen and oxygen atoms in total. The van der Waals surface area contributed by atoms with Gasteiger partial charge in [-0.05, 0) is 26.7 Å². The molecular weight excluding hydrogens is 283 g/mol. The second-order valence-corrected chi connectivity index (χ2v) is 11.4. The molecular formula is C21H31P. The van der Waals surface area contributed by atoms with E-state index in [1.54, 1.807) is 0 Å². The molecule has 0 bridgehead atoms. The zero-order chi connectivity index (χ0) is 15.7. The van der Waals surface area contributed by atoms with Crippen LogP contribution in [0.3, 0.4) is 0 Å². The first kappa shape index (κ1) is 18.9. The fraction of sp³-hybridized carbons (Fsp3) is 0.429. The Balaban J connectivity index is 0.00000242. The Kier molecular flexibility index (Phi) is 5.99. The van der Waals surface area contributed by atoms with Gasteiger partial charge in [-0.1, -0.05) is 111 Å². The molecule has 0 saturated heterocycles.